The van der Waals surface area contributed by atoms with Crippen LogP contribution in [0.3, 0.4) is 0 Å². The number of aromatic nitrogens is 1. The summed E-state index contributed by atoms with van der Waals surface area (Å²) >= 11 is 1.93. The first kappa shape index (κ1) is 50.6. The van der Waals surface area contributed by atoms with Gasteiger partial charge in [-0.1, -0.05) is 192 Å². The predicted molar refractivity (Wildman–Crippen MR) is 323 cm³/mol. The van der Waals surface area contributed by atoms with Crippen LogP contribution in [-0.4, -0.2) is 11.3 Å². The molecule has 0 atom stereocenters. The van der Waals surface area contributed by atoms with Gasteiger partial charge in [-0.2, -0.15) is 0 Å². The summed E-state index contributed by atoms with van der Waals surface area (Å²) in [4.78, 5) is 5.98. The second-order valence-corrected chi connectivity index (χ2v) is 19.8. The third kappa shape index (κ3) is 9.96. The van der Waals surface area contributed by atoms with E-state index in [4.69, 9.17) is 0 Å². The molecule has 0 unspecified atom stereocenters. The molecule has 0 spiro atoms. The zero-order valence-electron chi connectivity index (χ0n) is 44.3. The SMILES string of the molecule is C=Nc1c(-c2ccc(-c3cccc(C4=C(C)C=CCC4)c3C)cc2)ccc(-c2ccc(-c3cccc4c5c(sc34)C=CCC5)cc2)c1C.CC.CC.CCc1ccc(-n2c3c(c4ccccc42)C=CCC3)cc1. The summed E-state index contributed by atoms with van der Waals surface area (Å²) in [5.41, 5.74) is 25.7. The molecule has 0 saturated carbocycles. The molecule has 0 aliphatic heterocycles. The Labute approximate surface area is 439 Å². The van der Waals surface area contributed by atoms with Gasteiger partial charge in [0.25, 0.3) is 0 Å². The third-order valence-corrected chi connectivity index (χ3v) is 16.0. The van der Waals surface area contributed by atoms with Crippen LogP contribution >= 0.6 is 11.3 Å². The van der Waals surface area contributed by atoms with Crippen LogP contribution < -0.4 is 0 Å². The highest BCUT2D eigenvalue weighted by Gasteiger charge is 2.20. The van der Waals surface area contributed by atoms with E-state index >= 15 is 0 Å². The Morgan fingerprint density at radius 1 is 0.521 bits per heavy atom. The molecule has 3 aliphatic carbocycles. The number of hydrogen-bond donors (Lipinski definition) is 0. The van der Waals surface area contributed by atoms with E-state index in [0.29, 0.717) is 0 Å². The van der Waals surface area contributed by atoms with Gasteiger partial charge in [0, 0.05) is 37.5 Å². The van der Waals surface area contributed by atoms with Gasteiger partial charge >= 0.3 is 0 Å². The van der Waals surface area contributed by atoms with E-state index in [2.05, 4.69) is 226 Å². The zero-order chi connectivity index (χ0) is 51.0. The van der Waals surface area contributed by atoms with Crippen molar-refractivity contribution in [2.45, 2.75) is 100 Å². The molecule has 0 N–H and O–H groups in total. The highest BCUT2D eigenvalue weighted by atomic mass is 32.1. The average molecular weight is 971 g/mol. The molecule has 2 nitrogen and oxygen atoms in total. The lowest BCUT2D eigenvalue weighted by Crippen LogP contribution is -2.03. The van der Waals surface area contributed by atoms with Gasteiger partial charge < -0.3 is 4.57 Å². The minimum Gasteiger partial charge on any atom is -0.313 e. The molecule has 3 heteroatoms. The lowest BCUT2D eigenvalue weighted by Gasteiger charge is -2.18. The number of aryl methyl sites for hydroxylation is 2. The fourth-order valence-corrected chi connectivity index (χ4v) is 12.4. The first-order chi connectivity index (χ1) is 35.9. The van der Waals surface area contributed by atoms with Crippen LogP contribution in [0.1, 0.15) is 111 Å². The highest BCUT2D eigenvalue weighted by molar-refractivity contribution is 7.20. The Bertz CT molecular complexity index is 3550. The van der Waals surface area contributed by atoms with Crippen LogP contribution in [0.25, 0.3) is 88.9 Å². The average Bonchev–Trinajstić information content (AvgIpc) is 4.01. The first-order valence-corrected chi connectivity index (χ1v) is 27.6. The van der Waals surface area contributed by atoms with E-state index in [1.54, 1.807) is 0 Å². The number of benzene rings is 7. The molecule has 0 radical (unpaired) electrons. The van der Waals surface area contributed by atoms with Crippen molar-refractivity contribution in [1.82, 2.24) is 4.57 Å². The molecule has 366 valence electrons. The van der Waals surface area contributed by atoms with Gasteiger partial charge in [-0.25, -0.2) is 0 Å². The molecular formula is C70H70N2S. The maximum absolute atomic E-state index is 4.56. The summed E-state index contributed by atoms with van der Waals surface area (Å²) in [6.45, 7) is 20.9. The van der Waals surface area contributed by atoms with E-state index in [9.17, 15) is 0 Å². The van der Waals surface area contributed by atoms with Gasteiger partial charge in [0.05, 0.1) is 11.2 Å². The Hall–Kier alpha value is -7.33. The van der Waals surface area contributed by atoms with Gasteiger partial charge in [-0.15, -0.1) is 11.3 Å². The number of rotatable bonds is 8. The van der Waals surface area contributed by atoms with Crippen LogP contribution in [0.15, 0.2) is 180 Å². The number of fused-ring (bicyclic) bond motifs is 6. The molecule has 73 heavy (non-hydrogen) atoms. The van der Waals surface area contributed by atoms with Crippen LogP contribution in [0.4, 0.5) is 5.69 Å². The third-order valence-electron chi connectivity index (χ3n) is 14.8. The normalized spacial score (nSPS) is 13.3. The minimum atomic E-state index is 0.942. The minimum absolute atomic E-state index is 0.942. The van der Waals surface area contributed by atoms with E-state index in [0.717, 1.165) is 67.3 Å². The van der Waals surface area contributed by atoms with Crippen molar-refractivity contribution >= 4 is 62.5 Å². The van der Waals surface area contributed by atoms with E-state index in [1.165, 1.54) is 110 Å². The smallest absolute Gasteiger partial charge is 0.0736 e. The number of allylic oxidation sites excluding steroid dienone is 6. The van der Waals surface area contributed by atoms with Crippen molar-refractivity contribution in [2.75, 3.05) is 0 Å². The van der Waals surface area contributed by atoms with E-state index in [-0.39, 0.29) is 0 Å². The lowest BCUT2D eigenvalue weighted by molar-refractivity contribution is 0.888. The van der Waals surface area contributed by atoms with Crippen molar-refractivity contribution in [2.24, 2.45) is 4.99 Å². The number of thiophene rings is 1. The largest absolute Gasteiger partial charge is 0.313 e. The quantitative estimate of drug-likeness (QED) is 0.135. The molecule has 0 fully saturated rings. The molecule has 12 rings (SSSR count). The van der Waals surface area contributed by atoms with Crippen LogP contribution in [0.5, 0.6) is 0 Å². The molecule has 3 aliphatic rings. The monoisotopic (exact) mass is 971 g/mol. The van der Waals surface area contributed by atoms with Crippen molar-refractivity contribution in [3.8, 4) is 50.2 Å². The topological polar surface area (TPSA) is 17.3 Å². The molecule has 0 saturated heterocycles. The molecule has 2 aromatic heterocycles. The van der Waals surface area contributed by atoms with Crippen molar-refractivity contribution in [1.29, 1.82) is 0 Å². The second-order valence-electron chi connectivity index (χ2n) is 18.8. The maximum Gasteiger partial charge on any atom is 0.0736 e. The number of nitrogens with zero attached hydrogens (tertiary/aromatic N) is 2. The van der Waals surface area contributed by atoms with Gasteiger partial charge in [-0.3, -0.25) is 4.99 Å². The van der Waals surface area contributed by atoms with Crippen LogP contribution in [0.2, 0.25) is 0 Å². The number of hydrogen-bond acceptors (Lipinski definition) is 2. The van der Waals surface area contributed by atoms with Crippen LogP contribution in [0, 0.1) is 13.8 Å². The molecule has 0 amide bonds. The van der Waals surface area contributed by atoms with E-state index < -0.39 is 0 Å². The predicted octanol–water partition coefficient (Wildman–Crippen LogP) is 20.8. The first-order valence-electron chi connectivity index (χ1n) is 26.8. The fraction of sp³-hybridized carbons (Fsp3) is 0.214. The Morgan fingerprint density at radius 3 is 1.78 bits per heavy atom. The molecule has 7 aromatic carbocycles. The Morgan fingerprint density at radius 2 is 1.08 bits per heavy atom. The van der Waals surface area contributed by atoms with Crippen molar-refractivity contribution < 1.29 is 0 Å². The highest BCUT2D eigenvalue weighted by Crippen LogP contribution is 2.44. The van der Waals surface area contributed by atoms with Gasteiger partial charge in [-0.05, 0) is 180 Å². The standard InChI is InChI=1S/C46H39NS.C20H19N.2C2H6/c1-29-11-5-6-12-36(29)39-15-9-14-37(30(39)2)32-19-23-34(24-20-32)40-28-27-38(31(3)45(40)47-4)33-21-25-35(26-22-33)41-16-10-17-43-42-13-7-8-18-44(42)48-46(41)43;1-2-15-11-13-16(14-12-15)21-19-9-5-3-7-17(19)18-8-4-6-10-20(18)21;2*1-2/h5,8-11,14-28H,4,6-7,12-13H2,1-3H3;3-5,7-9,11-14H,2,6,10H2,1H3;2*1-2H3. The van der Waals surface area contributed by atoms with Gasteiger partial charge in [0.1, 0.15) is 0 Å². The lowest BCUT2D eigenvalue weighted by atomic mass is 9.86. The summed E-state index contributed by atoms with van der Waals surface area (Å²) in [6.07, 6.45) is 21.6. The summed E-state index contributed by atoms with van der Waals surface area (Å²) in [6, 6.07) is 53.7. The molecule has 9 aromatic rings. The summed E-state index contributed by atoms with van der Waals surface area (Å²) in [5.74, 6) is 0. The van der Waals surface area contributed by atoms with Crippen LogP contribution in [-0.2, 0) is 19.3 Å². The van der Waals surface area contributed by atoms with Crippen molar-refractivity contribution in [3.05, 3.63) is 219 Å². The summed E-state index contributed by atoms with van der Waals surface area (Å²) < 4.78 is 3.83. The summed E-state index contributed by atoms with van der Waals surface area (Å²) in [5, 5.41) is 2.78. The second kappa shape index (κ2) is 23.0. The van der Waals surface area contributed by atoms with Gasteiger partial charge in [0.2, 0.25) is 0 Å². The molecule has 2 heterocycles. The Kier molecular flexibility index (Phi) is 16.0. The van der Waals surface area contributed by atoms with E-state index in [1.807, 2.05) is 39.0 Å². The zero-order valence-corrected chi connectivity index (χ0v) is 45.1. The van der Waals surface area contributed by atoms with Crippen molar-refractivity contribution in [3.63, 3.8) is 0 Å². The Balaban J connectivity index is 0.000000218. The molecule has 0 bridgehead atoms. The summed E-state index contributed by atoms with van der Waals surface area (Å²) in [7, 11) is 0. The number of para-hydroxylation sites is 1. The molecular weight excluding hydrogens is 901 g/mol. The maximum atomic E-state index is 4.56. The van der Waals surface area contributed by atoms with Gasteiger partial charge in [0.15, 0.2) is 0 Å². The fourth-order valence-electron chi connectivity index (χ4n) is 11.1. The number of aliphatic imine (C=N–C) groups is 1.